The van der Waals surface area contributed by atoms with Gasteiger partial charge >= 0.3 is 0 Å². The van der Waals surface area contributed by atoms with Crippen molar-refractivity contribution in [2.24, 2.45) is 5.92 Å². The fourth-order valence-corrected chi connectivity index (χ4v) is 3.43. The normalized spacial score (nSPS) is 28.3. The summed E-state index contributed by atoms with van der Waals surface area (Å²) in [6.07, 6.45) is 6.52. The lowest BCUT2D eigenvalue weighted by Gasteiger charge is -2.33. The molecule has 2 unspecified atom stereocenters. The molecule has 0 aromatic heterocycles. The molecule has 2 aliphatic rings. The molecule has 0 amide bonds. The summed E-state index contributed by atoms with van der Waals surface area (Å²) in [4.78, 5) is 2.46. The first-order valence-corrected chi connectivity index (χ1v) is 7.93. The average molecular weight is 276 g/mol. The van der Waals surface area contributed by atoms with Crippen molar-refractivity contribution in [2.45, 2.75) is 44.2 Å². The largest absolute Gasteiger partial charge is 0.314 e. The van der Waals surface area contributed by atoms with Gasteiger partial charge in [-0.2, -0.15) is 0 Å². The predicted molar refractivity (Wildman–Crippen MR) is 80.1 cm³/mol. The van der Waals surface area contributed by atoms with Crippen molar-refractivity contribution in [3.8, 4) is 0 Å². The van der Waals surface area contributed by atoms with Crippen LogP contribution in [0.2, 0.25) is 0 Å². The Kier molecular flexibility index (Phi) is 4.37. The van der Waals surface area contributed by atoms with Gasteiger partial charge in [0.2, 0.25) is 0 Å². The summed E-state index contributed by atoms with van der Waals surface area (Å²) in [6.45, 7) is 2.24. The highest BCUT2D eigenvalue weighted by atomic mass is 19.1. The van der Waals surface area contributed by atoms with Crippen molar-refractivity contribution >= 4 is 0 Å². The van der Waals surface area contributed by atoms with E-state index < -0.39 is 0 Å². The zero-order chi connectivity index (χ0) is 13.9. The van der Waals surface area contributed by atoms with Crippen molar-refractivity contribution in [1.82, 2.24) is 10.2 Å². The van der Waals surface area contributed by atoms with Crippen molar-refractivity contribution in [2.75, 3.05) is 20.1 Å². The summed E-state index contributed by atoms with van der Waals surface area (Å²) in [5, 5.41) is 3.69. The summed E-state index contributed by atoms with van der Waals surface area (Å²) in [7, 11) is 2.21. The molecule has 0 bridgehead atoms. The smallest absolute Gasteiger partial charge is 0.123 e. The van der Waals surface area contributed by atoms with Gasteiger partial charge in [0.25, 0.3) is 0 Å². The average Bonchev–Trinajstić information content (AvgIpc) is 3.26. The van der Waals surface area contributed by atoms with Crippen LogP contribution < -0.4 is 5.32 Å². The fraction of sp³-hybridized carbons (Fsp3) is 0.647. The van der Waals surface area contributed by atoms with Crippen LogP contribution in [0.15, 0.2) is 24.3 Å². The highest BCUT2D eigenvalue weighted by molar-refractivity contribution is 5.21. The van der Waals surface area contributed by atoms with E-state index in [4.69, 9.17) is 0 Å². The van der Waals surface area contributed by atoms with Gasteiger partial charge in [0, 0.05) is 18.6 Å². The number of halogens is 1. The summed E-state index contributed by atoms with van der Waals surface area (Å²) < 4.78 is 13.2. The van der Waals surface area contributed by atoms with E-state index in [1.165, 1.54) is 37.7 Å². The Labute approximate surface area is 121 Å². The van der Waals surface area contributed by atoms with E-state index >= 15 is 0 Å². The number of hydrogen-bond donors (Lipinski definition) is 1. The summed E-state index contributed by atoms with van der Waals surface area (Å²) >= 11 is 0. The molecule has 1 saturated heterocycles. The van der Waals surface area contributed by atoms with Crippen LogP contribution in [0.5, 0.6) is 0 Å². The molecule has 3 heteroatoms. The monoisotopic (exact) mass is 276 g/mol. The van der Waals surface area contributed by atoms with Crippen LogP contribution >= 0.6 is 0 Å². The molecule has 1 saturated carbocycles. The van der Waals surface area contributed by atoms with E-state index in [1.54, 1.807) is 12.1 Å². The molecule has 2 atom stereocenters. The van der Waals surface area contributed by atoms with Gasteiger partial charge in [0.05, 0.1) is 0 Å². The number of hydrogen-bond acceptors (Lipinski definition) is 2. The molecule has 1 aliphatic heterocycles. The van der Waals surface area contributed by atoms with Crippen LogP contribution in [0.25, 0.3) is 0 Å². The molecule has 1 N–H and O–H groups in total. The molecule has 1 aromatic rings. The molecule has 3 rings (SSSR count). The second-order valence-electron chi connectivity index (χ2n) is 6.42. The van der Waals surface area contributed by atoms with Crippen LogP contribution in [0.3, 0.4) is 0 Å². The van der Waals surface area contributed by atoms with Crippen molar-refractivity contribution in [1.29, 1.82) is 0 Å². The Bertz CT molecular complexity index is 427. The molecule has 20 heavy (non-hydrogen) atoms. The quantitative estimate of drug-likeness (QED) is 0.907. The Morgan fingerprint density at radius 1 is 1.15 bits per heavy atom. The molecule has 1 aromatic carbocycles. The Hall–Kier alpha value is -0.930. The minimum Gasteiger partial charge on any atom is -0.314 e. The van der Waals surface area contributed by atoms with Gasteiger partial charge in [-0.05, 0) is 62.9 Å². The third-order valence-electron chi connectivity index (χ3n) is 4.71. The summed E-state index contributed by atoms with van der Waals surface area (Å²) in [5.74, 6) is 0.492. The molecule has 1 aliphatic carbocycles. The first-order valence-electron chi connectivity index (χ1n) is 7.93. The predicted octanol–water partition coefficient (Wildman–Crippen LogP) is 3.35. The van der Waals surface area contributed by atoms with E-state index in [0.29, 0.717) is 12.0 Å². The van der Waals surface area contributed by atoms with Gasteiger partial charge in [0.15, 0.2) is 0 Å². The minimum atomic E-state index is -0.141. The molecule has 2 nitrogen and oxygen atoms in total. The van der Waals surface area contributed by atoms with Gasteiger partial charge in [-0.15, -0.1) is 0 Å². The second-order valence-corrected chi connectivity index (χ2v) is 6.42. The Balaban J connectivity index is 1.77. The first-order chi connectivity index (χ1) is 9.74. The highest BCUT2D eigenvalue weighted by Gasteiger charge is 2.30. The van der Waals surface area contributed by atoms with Crippen LogP contribution in [0.1, 0.15) is 43.7 Å². The van der Waals surface area contributed by atoms with E-state index in [9.17, 15) is 4.39 Å². The number of likely N-dealkylation sites (tertiary alicyclic amines) is 1. The number of nitrogens with one attached hydrogen (secondary N) is 1. The lowest BCUT2D eigenvalue weighted by Crippen LogP contribution is -2.35. The van der Waals surface area contributed by atoms with E-state index in [-0.39, 0.29) is 5.82 Å². The van der Waals surface area contributed by atoms with Crippen molar-refractivity contribution < 1.29 is 4.39 Å². The fourth-order valence-electron chi connectivity index (χ4n) is 3.43. The van der Waals surface area contributed by atoms with E-state index in [0.717, 1.165) is 19.1 Å². The van der Waals surface area contributed by atoms with Gasteiger partial charge in [-0.3, -0.25) is 4.90 Å². The molecule has 0 radical (unpaired) electrons. The molecule has 1 heterocycles. The second kappa shape index (κ2) is 6.23. The van der Waals surface area contributed by atoms with Gasteiger partial charge in [-0.25, -0.2) is 4.39 Å². The zero-order valence-corrected chi connectivity index (χ0v) is 12.3. The van der Waals surface area contributed by atoms with Gasteiger partial charge in [-0.1, -0.05) is 18.6 Å². The number of nitrogens with zero attached hydrogens (tertiary/aromatic N) is 1. The van der Waals surface area contributed by atoms with Gasteiger partial charge < -0.3 is 5.32 Å². The number of rotatable bonds is 4. The van der Waals surface area contributed by atoms with Crippen LogP contribution in [0.4, 0.5) is 4.39 Å². The molecule has 110 valence electrons. The van der Waals surface area contributed by atoms with Crippen molar-refractivity contribution in [3.05, 3.63) is 35.6 Å². The molecule has 2 fully saturated rings. The Morgan fingerprint density at radius 2 is 1.90 bits per heavy atom. The van der Waals surface area contributed by atoms with E-state index in [2.05, 4.69) is 17.3 Å². The van der Waals surface area contributed by atoms with Crippen LogP contribution in [0, 0.1) is 11.7 Å². The molecular formula is C17H25FN2. The van der Waals surface area contributed by atoms with Crippen molar-refractivity contribution in [3.63, 3.8) is 0 Å². The number of benzene rings is 1. The van der Waals surface area contributed by atoms with Gasteiger partial charge in [0.1, 0.15) is 5.82 Å². The summed E-state index contributed by atoms with van der Waals surface area (Å²) in [5.41, 5.74) is 1.26. The van der Waals surface area contributed by atoms with E-state index in [1.807, 2.05) is 12.1 Å². The highest BCUT2D eigenvalue weighted by Crippen LogP contribution is 2.34. The van der Waals surface area contributed by atoms with Crippen LogP contribution in [-0.2, 0) is 0 Å². The lowest BCUT2D eigenvalue weighted by molar-refractivity contribution is 0.188. The third-order valence-corrected chi connectivity index (χ3v) is 4.71. The summed E-state index contributed by atoms with van der Waals surface area (Å²) in [6, 6.07) is 8.30. The Morgan fingerprint density at radius 3 is 2.60 bits per heavy atom. The van der Waals surface area contributed by atoms with Crippen LogP contribution in [-0.4, -0.2) is 31.1 Å². The topological polar surface area (TPSA) is 15.3 Å². The zero-order valence-electron chi connectivity index (χ0n) is 12.3. The molecular weight excluding hydrogens is 251 g/mol. The maximum atomic E-state index is 13.2. The molecule has 0 spiro atoms. The minimum absolute atomic E-state index is 0.141. The standard InChI is InChI=1S/C17H25FN2/c1-20-11-3-2-4-14(12-19-16-9-10-16)17(20)13-5-7-15(18)8-6-13/h5-8,14,16-17,19H,2-4,9-12H2,1H3. The lowest BCUT2D eigenvalue weighted by atomic mass is 9.89. The maximum absolute atomic E-state index is 13.2. The maximum Gasteiger partial charge on any atom is 0.123 e. The SMILES string of the molecule is CN1CCCCC(CNC2CC2)C1c1ccc(F)cc1. The third kappa shape index (κ3) is 3.39. The first kappa shape index (κ1) is 14.0.